The molecule has 0 radical (unpaired) electrons. The number of rotatable bonds is 5. The third kappa shape index (κ3) is 5.84. The van der Waals surface area contributed by atoms with Crippen molar-refractivity contribution < 1.29 is 9.84 Å². The predicted octanol–water partition coefficient (Wildman–Crippen LogP) is 2.43. The first-order valence-corrected chi connectivity index (χ1v) is 7.11. The van der Waals surface area contributed by atoms with Crippen molar-refractivity contribution in [2.75, 3.05) is 20.2 Å². The van der Waals surface area contributed by atoms with Crippen LogP contribution in [0.15, 0.2) is 0 Å². The van der Waals surface area contributed by atoms with Crippen LogP contribution in [0.2, 0.25) is 0 Å². The minimum atomic E-state index is -0.153. The normalized spacial score (nSPS) is 27.2. The lowest BCUT2D eigenvalue weighted by Gasteiger charge is -2.33. The van der Waals surface area contributed by atoms with Crippen molar-refractivity contribution in [1.29, 1.82) is 0 Å². The quantitative estimate of drug-likeness (QED) is 0.805. The van der Waals surface area contributed by atoms with E-state index >= 15 is 0 Å². The molecule has 0 amide bonds. The van der Waals surface area contributed by atoms with E-state index in [1.807, 2.05) is 0 Å². The molecule has 0 aromatic carbocycles. The zero-order valence-electron chi connectivity index (χ0n) is 11.7. The van der Waals surface area contributed by atoms with Gasteiger partial charge in [-0.2, -0.15) is 0 Å². The summed E-state index contributed by atoms with van der Waals surface area (Å²) in [4.78, 5) is 2.28. The summed E-state index contributed by atoms with van der Waals surface area (Å²) in [6, 6.07) is 0.325. The van der Waals surface area contributed by atoms with Crippen molar-refractivity contribution in [2.24, 2.45) is 0 Å². The Morgan fingerprint density at radius 3 is 2.47 bits per heavy atom. The van der Waals surface area contributed by atoms with Gasteiger partial charge in [-0.3, -0.25) is 4.90 Å². The topological polar surface area (TPSA) is 32.7 Å². The first kappa shape index (κ1) is 14.9. The third-order valence-electron chi connectivity index (χ3n) is 3.66. The molecule has 0 aliphatic heterocycles. The summed E-state index contributed by atoms with van der Waals surface area (Å²) in [6.45, 7) is 5.80. The highest BCUT2D eigenvalue weighted by atomic mass is 16.5. The summed E-state index contributed by atoms with van der Waals surface area (Å²) in [5.74, 6) is 0. The maximum absolute atomic E-state index is 10.2. The van der Waals surface area contributed by atoms with E-state index in [4.69, 9.17) is 4.74 Å². The number of hydrogen-bond acceptors (Lipinski definition) is 3. The second-order valence-corrected chi connectivity index (χ2v) is 5.53. The van der Waals surface area contributed by atoms with Gasteiger partial charge in [-0.15, -0.1) is 0 Å². The zero-order chi connectivity index (χ0) is 12.7. The molecule has 0 aromatic heterocycles. The number of hydrogen-bond donors (Lipinski definition) is 1. The van der Waals surface area contributed by atoms with Gasteiger partial charge in [0.25, 0.3) is 0 Å². The van der Waals surface area contributed by atoms with Gasteiger partial charge in [0.15, 0.2) is 0 Å². The monoisotopic (exact) mass is 243 g/mol. The van der Waals surface area contributed by atoms with E-state index in [1.165, 1.54) is 25.7 Å². The number of aliphatic hydroxyl groups is 1. The Bertz CT molecular complexity index is 197. The summed E-state index contributed by atoms with van der Waals surface area (Å²) in [7, 11) is 2.11. The molecule has 3 nitrogen and oxygen atoms in total. The average Bonchev–Trinajstić information content (AvgIpc) is 2.23. The Hall–Kier alpha value is -0.120. The van der Waals surface area contributed by atoms with Crippen LogP contribution in [-0.4, -0.2) is 48.5 Å². The van der Waals surface area contributed by atoms with Crippen molar-refractivity contribution in [1.82, 2.24) is 4.90 Å². The molecule has 2 unspecified atom stereocenters. The van der Waals surface area contributed by atoms with E-state index in [1.54, 1.807) is 0 Å². The molecule has 0 bridgehead atoms. The molecule has 0 aromatic rings. The van der Waals surface area contributed by atoms with Crippen LogP contribution in [0.4, 0.5) is 0 Å². The maximum Gasteiger partial charge on any atom is 0.0695 e. The Balaban J connectivity index is 2.32. The fourth-order valence-electron chi connectivity index (χ4n) is 2.56. The lowest BCUT2D eigenvalue weighted by molar-refractivity contribution is 0.0146. The van der Waals surface area contributed by atoms with Gasteiger partial charge in [-0.1, -0.05) is 25.7 Å². The van der Waals surface area contributed by atoms with Crippen LogP contribution in [0.3, 0.4) is 0 Å². The van der Waals surface area contributed by atoms with E-state index in [0.717, 1.165) is 26.0 Å². The molecule has 102 valence electrons. The van der Waals surface area contributed by atoms with E-state index < -0.39 is 0 Å². The number of aliphatic hydroxyl groups excluding tert-OH is 1. The SMILES string of the molecule is CC(C)OCCN(C)C1CCCCCCC1O. The first-order chi connectivity index (χ1) is 8.11. The molecular formula is C14H29NO2. The lowest BCUT2D eigenvalue weighted by atomic mass is 9.93. The average molecular weight is 243 g/mol. The fourth-order valence-corrected chi connectivity index (χ4v) is 2.56. The molecule has 2 atom stereocenters. The van der Waals surface area contributed by atoms with Gasteiger partial charge in [0, 0.05) is 12.6 Å². The van der Waals surface area contributed by atoms with Gasteiger partial charge >= 0.3 is 0 Å². The first-order valence-electron chi connectivity index (χ1n) is 7.11. The molecule has 0 saturated heterocycles. The van der Waals surface area contributed by atoms with Gasteiger partial charge < -0.3 is 9.84 Å². The molecular weight excluding hydrogens is 214 g/mol. The van der Waals surface area contributed by atoms with Crippen LogP contribution in [0.5, 0.6) is 0 Å². The second-order valence-electron chi connectivity index (χ2n) is 5.53. The van der Waals surface area contributed by atoms with Gasteiger partial charge in [0.05, 0.1) is 18.8 Å². The van der Waals surface area contributed by atoms with Crippen LogP contribution in [-0.2, 0) is 4.74 Å². The molecule has 1 aliphatic carbocycles. The van der Waals surface area contributed by atoms with Gasteiger partial charge in [0.1, 0.15) is 0 Å². The molecule has 1 aliphatic rings. The summed E-state index contributed by atoms with van der Waals surface area (Å²) >= 11 is 0. The predicted molar refractivity (Wildman–Crippen MR) is 71.2 cm³/mol. The van der Waals surface area contributed by atoms with Crippen LogP contribution in [0, 0.1) is 0 Å². The minimum Gasteiger partial charge on any atom is -0.391 e. The summed E-state index contributed by atoms with van der Waals surface area (Å²) in [5.41, 5.74) is 0. The van der Waals surface area contributed by atoms with Crippen LogP contribution in [0.25, 0.3) is 0 Å². The van der Waals surface area contributed by atoms with Crippen molar-refractivity contribution in [3.63, 3.8) is 0 Å². The van der Waals surface area contributed by atoms with Crippen LogP contribution >= 0.6 is 0 Å². The highest BCUT2D eigenvalue weighted by Gasteiger charge is 2.24. The summed E-state index contributed by atoms with van der Waals surface area (Å²) in [5, 5.41) is 10.2. The lowest BCUT2D eigenvalue weighted by Crippen LogP contribution is -2.43. The number of ether oxygens (including phenoxy) is 1. The largest absolute Gasteiger partial charge is 0.391 e. The van der Waals surface area contributed by atoms with E-state index in [0.29, 0.717) is 12.1 Å². The van der Waals surface area contributed by atoms with Crippen molar-refractivity contribution in [3.8, 4) is 0 Å². The Kier molecular flexibility index (Phi) is 7.09. The minimum absolute atomic E-state index is 0.153. The fraction of sp³-hybridized carbons (Fsp3) is 1.00. The zero-order valence-corrected chi connectivity index (χ0v) is 11.7. The third-order valence-corrected chi connectivity index (χ3v) is 3.66. The van der Waals surface area contributed by atoms with Gasteiger partial charge in [-0.25, -0.2) is 0 Å². The molecule has 0 heterocycles. The highest BCUT2D eigenvalue weighted by Crippen LogP contribution is 2.21. The van der Waals surface area contributed by atoms with Crippen molar-refractivity contribution in [3.05, 3.63) is 0 Å². The Labute approximate surface area is 106 Å². The highest BCUT2D eigenvalue weighted by molar-refractivity contribution is 4.79. The van der Waals surface area contributed by atoms with Gasteiger partial charge in [-0.05, 0) is 33.7 Å². The van der Waals surface area contributed by atoms with E-state index in [2.05, 4.69) is 25.8 Å². The van der Waals surface area contributed by atoms with Crippen LogP contribution in [0.1, 0.15) is 52.4 Å². The maximum atomic E-state index is 10.2. The van der Waals surface area contributed by atoms with E-state index in [9.17, 15) is 5.11 Å². The molecule has 17 heavy (non-hydrogen) atoms. The second kappa shape index (κ2) is 8.06. The summed E-state index contributed by atoms with van der Waals surface area (Å²) < 4.78 is 5.57. The van der Waals surface area contributed by atoms with Gasteiger partial charge in [0.2, 0.25) is 0 Å². The smallest absolute Gasteiger partial charge is 0.0695 e. The molecule has 1 fully saturated rings. The van der Waals surface area contributed by atoms with Crippen molar-refractivity contribution in [2.45, 2.75) is 70.6 Å². The van der Waals surface area contributed by atoms with E-state index in [-0.39, 0.29) is 6.10 Å². The molecule has 1 N–H and O–H groups in total. The van der Waals surface area contributed by atoms with Crippen molar-refractivity contribution >= 4 is 0 Å². The molecule has 1 rings (SSSR count). The Morgan fingerprint density at radius 2 is 1.82 bits per heavy atom. The number of likely N-dealkylation sites (N-methyl/N-ethyl adjacent to an activating group) is 1. The molecule has 1 saturated carbocycles. The molecule has 0 spiro atoms. The standard InChI is InChI=1S/C14H29NO2/c1-12(2)17-11-10-15(3)13-8-6-4-5-7-9-14(13)16/h12-14,16H,4-11H2,1-3H3. The van der Waals surface area contributed by atoms with Crippen LogP contribution < -0.4 is 0 Å². The Morgan fingerprint density at radius 1 is 1.18 bits per heavy atom. The number of nitrogens with zero attached hydrogens (tertiary/aromatic N) is 1. The molecule has 3 heteroatoms. The summed E-state index contributed by atoms with van der Waals surface area (Å²) in [6.07, 6.45) is 7.25.